The van der Waals surface area contributed by atoms with E-state index in [1.165, 1.54) is 56.1 Å². The van der Waals surface area contributed by atoms with Crippen molar-refractivity contribution in [1.29, 1.82) is 0 Å². The molecule has 2 fully saturated rings. The standard InChI is InChI=1S/C16H15BrN6O4S4/c17-1-7(8-2-28-14(18)20-8)10(24)21-9-11(25)23-3-16(13(26)27,4-29-12(9)23)5-30-15-22-19-6-31-15/h1-2,6,9,12H,3-5H2,(H2,18,20)(H,21,24)(H,26,27)/t9?,12-,16?/m1/s1. The number of nitrogens with two attached hydrogens (primary N) is 1. The number of carboxylic acid groups (broad SMARTS) is 1. The molecule has 4 rings (SSSR count). The molecule has 2 unspecified atom stereocenters. The van der Waals surface area contributed by atoms with Gasteiger partial charge < -0.3 is 21.1 Å². The van der Waals surface area contributed by atoms with Crippen molar-refractivity contribution in [3.8, 4) is 0 Å². The van der Waals surface area contributed by atoms with Gasteiger partial charge >= 0.3 is 5.97 Å². The second kappa shape index (κ2) is 9.05. The van der Waals surface area contributed by atoms with Gasteiger partial charge in [-0.2, -0.15) is 0 Å². The first-order chi connectivity index (χ1) is 14.8. The number of thiazole rings is 1. The van der Waals surface area contributed by atoms with E-state index in [0.717, 1.165) is 0 Å². The van der Waals surface area contributed by atoms with Gasteiger partial charge in [0, 0.05) is 23.4 Å². The quantitative estimate of drug-likeness (QED) is 0.257. The van der Waals surface area contributed by atoms with Crippen LogP contribution < -0.4 is 11.1 Å². The summed E-state index contributed by atoms with van der Waals surface area (Å²) in [6, 6.07) is -0.724. The first kappa shape index (κ1) is 22.5. The molecule has 0 radical (unpaired) electrons. The zero-order chi connectivity index (χ0) is 22.2. The highest BCUT2D eigenvalue weighted by molar-refractivity contribution is 9.11. The molecule has 31 heavy (non-hydrogen) atoms. The molecule has 2 aliphatic rings. The number of amides is 2. The van der Waals surface area contributed by atoms with E-state index < -0.39 is 23.3 Å². The summed E-state index contributed by atoms with van der Waals surface area (Å²) < 4.78 is 0.685. The largest absolute Gasteiger partial charge is 0.481 e. The molecule has 2 aliphatic heterocycles. The number of carbonyl (C=O) groups is 3. The summed E-state index contributed by atoms with van der Waals surface area (Å²) in [6.07, 6.45) is 0. The molecule has 4 N–H and O–H groups in total. The summed E-state index contributed by atoms with van der Waals surface area (Å²) in [7, 11) is 0. The van der Waals surface area contributed by atoms with Gasteiger partial charge in [0.25, 0.3) is 5.91 Å². The third kappa shape index (κ3) is 4.33. The minimum atomic E-state index is -1.10. The van der Waals surface area contributed by atoms with Gasteiger partial charge in [-0.1, -0.05) is 39.0 Å². The number of aromatic nitrogens is 3. The van der Waals surface area contributed by atoms with Crippen molar-refractivity contribution in [3.05, 3.63) is 21.6 Å². The van der Waals surface area contributed by atoms with Crippen LogP contribution in [0.25, 0.3) is 5.57 Å². The van der Waals surface area contributed by atoms with E-state index in [0.29, 0.717) is 20.9 Å². The lowest BCUT2D eigenvalue weighted by Crippen LogP contribution is -2.74. The van der Waals surface area contributed by atoms with E-state index >= 15 is 0 Å². The SMILES string of the molecule is Nc1nc(C(=CBr)C(=O)NC2C(=O)N3CC(CSc4nncs4)(C(=O)O)CS[C@H]23)cs1. The first-order valence-electron chi connectivity index (χ1n) is 8.72. The molecular formula is C16H15BrN6O4S4. The van der Waals surface area contributed by atoms with Crippen molar-refractivity contribution >= 4 is 90.6 Å². The number of β-lactam (4-membered cyclic amide) rings is 1. The Bertz CT molecular complexity index is 1050. The summed E-state index contributed by atoms with van der Waals surface area (Å²) in [5.41, 5.74) is 6.80. The van der Waals surface area contributed by atoms with Crippen LogP contribution >= 0.6 is 62.1 Å². The molecule has 164 valence electrons. The minimum absolute atomic E-state index is 0.0841. The number of nitrogen functional groups attached to an aromatic ring is 1. The van der Waals surface area contributed by atoms with Gasteiger partial charge in [0.05, 0.1) is 11.3 Å². The number of carbonyl (C=O) groups excluding carboxylic acids is 2. The van der Waals surface area contributed by atoms with Crippen LogP contribution in [-0.2, 0) is 14.4 Å². The molecule has 2 amide bonds. The molecular weight excluding hydrogens is 548 g/mol. The maximum Gasteiger partial charge on any atom is 0.313 e. The van der Waals surface area contributed by atoms with Crippen LogP contribution in [0.15, 0.2) is 20.2 Å². The Kier molecular flexibility index (Phi) is 6.57. The van der Waals surface area contributed by atoms with E-state index in [-0.39, 0.29) is 29.2 Å². The normalized spacial score (nSPS) is 25.6. The van der Waals surface area contributed by atoms with E-state index in [9.17, 15) is 19.5 Å². The molecule has 15 heteroatoms. The van der Waals surface area contributed by atoms with Gasteiger partial charge in [-0.3, -0.25) is 14.4 Å². The second-order valence-corrected chi connectivity index (χ2v) is 11.3. The predicted molar refractivity (Wildman–Crippen MR) is 124 cm³/mol. The number of carboxylic acids is 1. The van der Waals surface area contributed by atoms with Gasteiger partial charge in [-0.25, -0.2) is 4.98 Å². The highest BCUT2D eigenvalue weighted by Crippen LogP contribution is 2.44. The van der Waals surface area contributed by atoms with Crippen molar-refractivity contribution in [2.45, 2.75) is 15.8 Å². The average Bonchev–Trinajstić information content (AvgIpc) is 3.42. The third-order valence-electron chi connectivity index (χ3n) is 4.85. The van der Waals surface area contributed by atoms with Crippen molar-refractivity contribution in [2.24, 2.45) is 5.41 Å². The zero-order valence-corrected chi connectivity index (χ0v) is 20.4. The summed E-state index contributed by atoms with van der Waals surface area (Å²) in [4.78, 5) is 44.6. The number of anilines is 1. The second-order valence-electron chi connectivity index (χ2n) is 6.79. The summed E-state index contributed by atoms with van der Waals surface area (Å²) >= 11 is 8.39. The van der Waals surface area contributed by atoms with E-state index in [1.807, 2.05) is 0 Å². The number of halogens is 1. The fourth-order valence-corrected chi connectivity index (χ4v) is 7.54. The van der Waals surface area contributed by atoms with Gasteiger partial charge in [0.15, 0.2) is 9.47 Å². The number of fused-ring (bicyclic) bond motifs is 1. The van der Waals surface area contributed by atoms with E-state index in [2.05, 4.69) is 36.4 Å². The maximum atomic E-state index is 12.7. The van der Waals surface area contributed by atoms with Crippen LogP contribution in [0.1, 0.15) is 5.69 Å². The maximum absolute atomic E-state index is 12.7. The lowest BCUT2D eigenvalue weighted by atomic mass is 9.89. The van der Waals surface area contributed by atoms with Crippen molar-refractivity contribution < 1.29 is 19.5 Å². The lowest BCUT2D eigenvalue weighted by molar-refractivity contribution is -0.157. The van der Waals surface area contributed by atoms with Crippen LogP contribution in [-0.4, -0.2) is 72.4 Å². The molecule has 2 saturated heterocycles. The van der Waals surface area contributed by atoms with Gasteiger partial charge in [0.2, 0.25) is 5.91 Å². The Balaban J connectivity index is 1.41. The molecule has 3 atom stereocenters. The number of thioether (sulfide) groups is 2. The Labute approximate surface area is 201 Å². The van der Waals surface area contributed by atoms with Crippen LogP contribution in [0.5, 0.6) is 0 Å². The lowest BCUT2D eigenvalue weighted by Gasteiger charge is -2.53. The van der Waals surface area contributed by atoms with Crippen molar-refractivity contribution in [1.82, 2.24) is 25.4 Å². The summed E-state index contributed by atoms with van der Waals surface area (Å²) in [5, 5.41) is 22.0. The number of hydrogen-bond donors (Lipinski definition) is 3. The zero-order valence-electron chi connectivity index (χ0n) is 15.6. The van der Waals surface area contributed by atoms with E-state index in [4.69, 9.17) is 5.73 Å². The molecule has 0 bridgehead atoms. The molecule has 0 aliphatic carbocycles. The van der Waals surface area contributed by atoms with E-state index in [1.54, 1.807) is 10.9 Å². The fourth-order valence-electron chi connectivity index (χ4n) is 3.18. The highest BCUT2D eigenvalue weighted by Gasteiger charge is 2.57. The monoisotopic (exact) mass is 562 g/mol. The van der Waals surface area contributed by atoms with Crippen molar-refractivity contribution in [3.63, 3.8) is 0 Å². The molecule has 4 heterocycles. The number of nitrogens with one attached hydrogen (secondary N) is 1. The third-order valence-corrected chi connectivity index (χ3v) is 9.72. The molecule has 2 aromatic heterocycles. The minimum Gasteiger partial charge on any atom is -0.481 e. The fraction of sp³-hybridized carbons (Fsp3) is 0.375. The molecule has 0 aromatic carbocycles. The topological polar surface area (TPSA) is 151 Å². The number of hydrogen-bond acceptors (Lipinski definition) is 11. The first-order valence-corrected chi connectivity index (χ1v) is 13.4. The average molecular weight is 564 g/mol. The molecule has 0 spiro atoms. The highest BCUT2D eigenvalue weighted by atomic mass is 79.9. The Morgan fingerprint density at radius 3 is 2.90 bits per heavy atom. The van der Waals surface area contributed by atoms with Crippen LogP contribution in [0.4, 0.5) is 5.13 Å². The van der Waals surface area contributed by atoms with Gasteiger partial charge in [-0.15, -0.1) is 33.3 Å². The molecule has 0 saturated carbocycles. The van der Waals surface area contributed by atoms with Gasteiger partial charge in [0.1, 0.15) is 22.3 Å². The number of aliphatic carboxylic acids is 1. The Hall–Kier alpha value is -1.68. The summed E-state index contributed by atoms with van der Waals surface area (Å²) in [6.45, 7) is 0.0841. The van der Waals surface area contributed by atoms with Crippen LogP contribution in [0.3, 0.4) is 0 Å². The Morgan fingerprint density at radius 2 is 2.29 bits per heavy atom. The van der Waals surface area contributed by atoms with Crippen LogP contribution in [0, 0.1) is 5.41 Å². The van der Waals surface area contributed by atoms with Crippen LogP contribution in [0.2, 0.25) is 0 Å². The number of rotatable bonds is 7. The number of nitrogens with zero attached hydrogens (tertiary/aromatic N) is 4. The van der Waals surface area contributed by atoms with Crippen molar-refractivity contribution in [2.75, 3.05) is 23.8 Å². The molecule has 2 aromatic rings. The summed E-state index contributed by atoms with van der Waals surface area (Å²) in [5.74, 6) is -1.12. The molecule has 10 nitrogen and oxygen atoms in total. The smallest absolute Gasteiger partial charge is 0.313 e. The van der Waals surface area contributed by atoms with Gasteiger partial charge in [-0.05, 0) is 4.99 Å². The Morgan fingerprint density at radius 1 is 1.48 bits per heavy atom. The predicted octanol–water partition coefficient (Wildman–Crippen LogP) is 1.58.